The molecule has 0 spiro atoms. The fourth-order valence-corrected chi connectivity index (χ4v) is 3.11. The molecule has 1 aromatic carbocycles. The maximum atomic E-state index is 11.7. The molecule has 3 N–H and O–H groups in total. The smallest absolute Gasteiger partial charge is 0.241 e. The number of hydrogen-bond acceptors (Lipinski definition) is 5. The third-order valence-electron chi connectivity index (χ3n) is 4.55. The number of nitrogens with one attached hydrogen (secondary N) is 3. The van der Waals surface area contributed by atoms with Gasteiger partial charge in [0.05, 0.1) is 26.4 Å². The summed E-state index contributed by atoms with van der Waals surface area (Å²) in [5.74, 6) is 1.40. The lowest BCUT2D eigenvalue weighted by atomic mass is 10.0. The maximum absolute atomic E-state index is 11.7. The number of guanidine groups is 1. The summed E-state index contributed by atoms with van der Waals surface area (Å²) in [5, 5.41) is 9.35. The quantitative estimate of drug-likeness (QED) is 0.426. The number of ether oxygens (including phenoxy) is 2. The summed E-state index contributed by atoms with van der Waals surface area (Å²) in [6.45, 7) is 9.24. The molecule has 1 unspecified atom stereocenters. The monoisotopic (exact) mass is 391 g/mol. The lowest BCUT2D eigenvalue weighted by Gasteiger charge is -2.35. The van der Waals surface area contributed by atoms with Crippen molar-refractivity contribution >= 4 is 11.9 Å². The van der Waals surface area contributed by atoms with E-state index in [1.807, 2.05) is 26.0 Å². The fraction of sp³-hybridized carbons (Fsp3) is 0.600. The fourth-order valence-electron chi connectivity index (χ4n) is 3.11. The molecule has 0 aromatic heterocycles. The van der Waals surface area contributed by atoms with Crippen LogP contribution in [0.2, 0.25) is 0 Å². The summed E-state index contributed by atoms with van der Waals surface area (Å²) in [4.78, 5) is 18.5. The van der Waals surface area contributed by atoms with Gasteiger partial charge in [-0.3, -0.25) is 9.69 Å². The van der Waals surface area contributed by atoms with E-state index in [9.17, 15) is 4.79 Å². The molecule has 1 atom stereocenters. The highest BCUT2D eigenvalue weighted by molar-refractivity contribution is 5.84. The molecular weight excluding hydrogens is 358 g/mol. The van der Waals surface area contributed by atoms with Gasteiger partial charge in [0.2, 0.25) is 5.91 Å². The molecule has 8 heteroatoms. The van der Waals surface area contributed by atoms with Gasteiger partial charge in [-0.15, -0.1) is 0 Å². The minimum Gasteiger partial charge on any atom is -0.497 e. The van der Waals surface area contributed by atoms with E-state index in [0.717, 1.165) is 38.6 Å². The predicted molar refractivity (Wildman–Crippen MR) is 111 cm³/mol. The van der Waals surface area contributed by atoms with Gasteiger partial charge in [-0.05, 0) is 31.5 Å². The normalized spacial score (nSPS) is 16.3. The molecule has 1 aromatic rings. The zero-order valence-corrected chi connectivity index (χ0v) is 17.2. The summed E-state index contributed by atoms with van der Waals surface area (Å²) in [7, 11) is 1.67. The average Bonchev–Trinajstić information content (AvgIpc) is 2.73. The van der Waals surface area contributed by atoms with E-state index in [1.165, 1.54) is 5.56 Å². The third kappa shape index (κ3) is 7.01. The van der Waals surface area contributed by atoms with Crippen LogP contribution in [0.4, 0.5) is 0 Å². The Labute approximate surface area is 167 Å². The molecular formula is C20H33N5O3. The van der Waals surface area contributed by atoms with Crippen LogP contribution in [0.5, 0.6) is 5.75 Å². The first-order chi connectivity index (χ1) is 13.7. The zero-order valence-electron chi connectivity index (χ0n) is 17.2. The minimum atomic E-state index is -0.0837. The Hall–Kier alpha value is -2.32. The first kappa shape index (κ1) is 22.0. The second-order valence-electron chi connectivity index (χ2n) is 6.47. The van der Waals surface area contributed by atoms with Crippen LogP contribution in [0.3, 0.4) is 0 Å². The second kappa shape index (κ2) is 12.2. The zero-order chi connectivity index (χ0) is 20.2. The first-order valence-corrected chi connectivity index (χ1v) is 9.92. The van der Waals surface area contributed by atoms with Crippen LogP contribution in [0.25, 0.3) is 0 Å². The number of amides is 1. The maximum Gasteiger partial charge on any atom is 0.241 e. The molecule has 28 heavy (non-hydrogen) atoms. The first-order valence-electron chi connectivity index (χ1n) is 9.92. The van der Waals surface area contributed by atoms with Crippen molar-refractivity contribution in [1.29, 1.82) is 0 Å². The van der Waals surface area contributed by atoms with E-state index in [1.54, 1.807) is 7.11 Å². The number of nitrogens with zero attached hydrogens (tertiary/aromatic N) is 2. The van der Waals surface area contributed by atoms with Crippen molar-refractivity contribution in [1.82, 2.24) is 20.9 Å². The Bertz CT molecular complexity index is 615. The molecule has 1 saturated heterocycles. The van der Waals surface area contributed by atoms with Crippen LogP contribution in [-0.2, 0) is 9.53 Å². The van der Waals surface area contributed by atoms with Crippen LogP contribution in [0.15, 0.2) is 29.3 Å². The van der Waals surface area contributed by atoms with Gasteiger partial charge in [-0.25, -0.2) is 4.99 Å². The molecule has 0 radical (unpaired) electrons. The average molecular weight is 392 g/mol. The summed E-state index contributed by atoms with van der Waals surface area (Å²) >= 11 is 0. The van der Waals surface area contributed by atoms with Crippen LogP contribution in [0.1, 0.15) is 25.5 Å². The number of hydrogen-bond donors (Lipinski definition) is 3. The number of benzene rings is 1. The third-order valence-corrected chi connectivity index (χ3v) is 4.55. The summed E-state index contributed by atoms with van der Waals surface area (Å²) in [6, 6.07) is 8.33. The van der Waals surface area contributed by atoms with Gasteiger partial charge in [0, 0.05) is 32.7 Å². The van der Waals surface area contributed by atoms with Crippen LogP contribution >= 0.6 is 0 Å². The van der Waals surface area contributed by atoms with Gasteiger partial charge < -0.3 is 25.4 Å². The van der Waals surface area contributed by atoms with E-state index >= 15 is 0 Å². The molecule has 0 aliphatic carbocycles. The standard InChI is InChI=1S/C20H33N5O3/c1-4-21-19(26)15-24-20(22-5-2)23-14-18(25-10-12-28-13-11-25)16-6-8-17(27-3)9-7-16/h6-9,18H,4-5,10-15H2,1-3H3,(H,21,26)(H2,22,23,24). The number of rotatable bonds is 9. The van der Waals surface area contributed by atoms with Gasteiger partial charge in [0.15, 0.2) is 5.96 Å². The van der Waals surface area contributed by atoms with Crippen molar-refractivity contribution in [3.63, 3.8) is 0 Å². The molecule has 1 heterocycles. The number of methoxy groups -OCH3 is 1. The van der Waals surface area contributed by atoms with Crippen LogP contribution < -0.4 is 20.7 Å². The molecule has 1 aliphatic rings. The van der Waals surface area contributed by atoms with E-state index in [2.05, 4.69) is 38.0 Å². The van der Waals surface area contributed by atoms with Gasteiger partial charge in [0.1, 0.15) is 12.3 Å². The predicted octanol–water partition coefficient (Wildman–Crippen LogP) is 0.760. The van der Waals surface area contributed by atoms with Crippen LogP contribution in [0, 0.1) is 0 Å². The Morgan fingerprint density at radius 1 is 1.14 bits per heavy atom. The Kier molecular flexibility index (Phi) is 9.57. The topological polar surface area (TPSA) is 87.2 Å². The van der Waals surface area contributed by atoms with Crippen molar-refractivity contribution in [2.45, 2.75) is 19.9 Å². The second-order valence-corrected chi connectivity index (χ2v) is 6.47. The van der Waals surface area contributed by atoms with Gasteiger partial charge in [-0.1, -0.05) is 12.1 Å². The number of likely N-dealkylation sites (N-methyl/N-ethyl adjacent to an activating group) is 1. The van der Waals surface area contributed by atoms with Gasteiger partial charge >= 0.3 is 0 Å². The summed E-state index contributed by atoms with van der Waals surface area (Å²) in [5.41, 5.74) is 1.20. The van der Waals surface area contributed by atoms with Crippen molar-refractivity contribution in [2.24, 2.45) is 4.99 Å². The van der Waals surface area contributed by atoms with E-state index in [-0.39, 0.29) is 18.5 Å². The van der Waals surface area contributed by atoms with Crippen molar-refractivity contribution < 1.29 is 14.3 Å². The van der Waals surface area contributed by atoms with E-state index in [0.29, 0.717) is 19.0 Å². The molecule has 1 aliphatic heterocycles. The summed E-state index contributed by atoms with van der Waals surface area (Å²) < 4.78 is 10.8. The molecule has 0 bridgehead atoms. The summed E-state index contributed by atoms with van der Waals surface area (Å²) in [6.07, 6.45) is 0. The Morgan fingerprint density at radius 2 is 1.82 bits per heavy atom. The van der Waals surface area contributed by atoms with Crippen LogP contribution in [-0.4, -0.2) is 76.4 Å². The molecule has 1 amide bonds. The highest BCUT2D eigenvalue weighted by atomic mass is 16.5. The van der Waals surface area contributed by atoms with Crippen molar-refractivity contribution in [2.75, 3.05) is 59.6 Å². The minimum absolute atomic E-state index is 0.0837. The number of morpholine rings is 1. The number of carbonyl (C=O) groups is 1. The molecule has 8 nitrogen and oxygen atoms in total. The van der Waals surface area contributed by atoms with Gasteiger partial charge in [0.25, 0.3) is 0 Å². The van der Waals surface area contributed by atoms with E-state index in [4.69, 9.17) is 9.47 Å². The highest BCUT2D eigenvalue weighted by Crippen LogP contribution is 2.23. The lowest BCUT2D eigenvalue weighted by molar-refractivity contribution is -0.119. The van der Waals surface area contributed by atoms with Crippen molar-refractivity contribution in [3.8, 4) is 5.75 Å². The largest absolute Gasteiger partial charge is 0.497 e. The number of aliphatic imine (C=N–C) groups is 1. The Morgan fingerprint density at radius 3 is 2.43 bits per heavy atom. The number of carbonyl (C=O) groups excluding carboxylic acids is 1. The lowest BCUT2D eigenvalue weighted by Crippen LogP contribution is -2.46. The SMILES string of the molecule is CCNC(=O)CN=C(NCC)NCC(c1ccc(OC)cc1)N1CCOCC1. The van der Waals surface area contributed by atoms with E-state index < -0.39 is 0 Å². The molecule has 0 saturated carbocycles. The Balaban J connectivity index is 2.08. The highest BCUT2D eigenvalue weighted by Gasteiger charge is 2.23. The molecule has 1 fully saturated rings. The molecule has 156 valence electrons. The molecule has 2 rings (SSSR count). The van der Waals surface area contributed by atoms with Gasteiger partial charge in [-0.2, -0.15) is 0 Å². The van der Waals surface area contributed by atoms with Crippen molar-refractivity contribution in [3.05, 3.63) is 29.8 Å².